The van der Waals surface area contributed by atoms with Gasteiger partial charge in [-0.1, -0.05) is 43.5 Å². The van der Waals surface area contributed by atoms with Gasteiger partial charge in [0.05, 0.1) is 6.61 Å². The van der Waals surface area contributed by atoms with Crippen molar-refractivity contribution in [2.24, 2.45) is 5.73 Å². The Labute approximate surface area is 122 Å². The minimum absolute atomic E-state index is 0.220. The van der Waals surface area contributed by atoms with E-state index in [1.54, 1.807) is 0 Å². The van der Waals surface area contributed by atoms with Gasteiger partial charge in [0.1, 0.15) is 0 Å². The molecule has 0 bridgehead atoms. The fourth-order valence-electron chi connectivity index (χ4n) is 4.14. The molecule has 0 aromatic heterocycles. The van der Waals surface area contributed by atoms with Gasteiger partial charge in [0.25, 0.3) is 0 Å². The third-order valence-electron chi connectivity index (χ3n) is 5.55. The Balaban J connectivity index is 2.01. The van der Waals surface area contributed by atoms with E-state index in [1.165, 1.54) is 56.1 Å². The fourth-order valence-corrected chi connectivity index (χ4v) is 4.14. The maximum Gasteiger partial charge on any atom is 0.0559 e. The highest BCUT2D eigenvalue weighted by Gasteiger charge is 2.48. The van der Waals surface area contributed by atoms with E-state index in [0.29, 0.717) is 0 Å². The van der Waals surface area contributed by atoms with Crippen LogP contribution in [0.15, 0.2) is 24.3 Å². The van der Waals surface area contributed by atoms with E-state index < -0.39 is 0 Å². The molecule has 1 aromatic rings. The Hall–Kier alpha value is -0.860. The average molecular weight is 273 g/mol. The summed E-state index contributed by atoms with van der Waals surface area (Å²) in [6, 6.07) is 9.03. The molecule has 2 N–H and O–H groups in total. The predicted molar refractivity (Wildman–Crippen MR) is 83.0 cm³/mol. The van der Waals surface area contributed by atoms with Crippen molar-refractivity contribution in [3.63, 3.8) is 0 Å². The van der Waals surface area contributed by atoms with Crippen LogP contribution in [0.25, 0.3) is 0 Å². The maximum atomic E-state index is 6.25. The summed E-state index contributed by atoms with van der Waals surface area (Å²) in [4.78, 5) is 0. The molecule has 0 aliphatic heterocycles. The van der Waals surface area contributed by atoms with E-state index >= 15 is 0 Å². The number of hydrogen-bond donors (Lipinski definition) is 1. The molecule has 0 atom stereocenters. The molecule has 2 aliphatic rings. The van der Waals surface area contributed by atoms with Crippen LogP contribution in [0.5, 0.6) is 0 Å². The first-order valence-electron chi connectivity index (χ1n) is 8.05. The monoisotopic (exact) mass is 273 g/mol. The van der Waals surface area contributed by atoms with E-state index in [9.17, 15) is 0 Å². The number of hydrogen-bond acceptors (Lipinski definition) is 2. The molecule has 110 valence electrons. The van der Waals surface area contributed by atoms with Gasteiger partial charge in [0.2, 0.25) is 0 Å². The van der Waals surface area contributed by atoms with Crippen molar-refractivity contribution in [1.29, 1.82) is 0 Å². The second-order valence-corrected chi connectivity index (χ2v) is 6.80. The van der Waals surface area contributed by atoms with Crippen LogP contribution in [0.4, 0.5) is 0 Å². The number of benzene rings is 1. The van der Waals surface area contributed by atoms with Crippen molar-refractivity contribution in [3.8, 4) is 0 Å². The molecule has 0 saturated heterocycles. The Morgan fingerprint density at radius 2 is 1.55 bits per heavy atom. The highest BCUT2D eigenvalue weighted by molar-refractivity contribution is 5.43. The Bertz CT molecular complexity index is 458. The number of methoxy groups -OCH3 is 1. The van der Waals surface area contributed by atoms with Crippen molar-refractivity contribution in [1.82, 2.24) is 0 Å². The van der Waals surface area contributed by atoms with Crippen LogP contribution in [0.3, 0.4) is 0 Å². The topological polar surface area (TPSA) is 35.2 Å². The van der Waals surface area contributed by atoms with Crippen LogP contribution in [0.2, 0.25) is 0 Å². The predicted octanol–water partition coefficient (Wildman–Crippen LogP) is 3.53. The van der Waals surface area contributed by atoms with E-state index in [4.69, 9.17) is 10.5 Å². The van der Waals surface area contributed by atoms with Crippen LogP contribution in [0, 0.1) is 0 Å². The first-order chi connectivity index (χ1) is 9.76. The molecule has 20 heavy (non-hydrogen) atoms. The average Bonchev–Trinajstić information content (AvgIpc) is 3.29. The van der Waals surface area contributed by atoms with E-state index in [2.05, 4.69) is 24.3 Å². The van der Waals surface area contributed by atoms with Crippen molar-refractivity contribution in [2.75, 3.05) is 20.3 Å². The molecule has 2 saturated carbocycles. The summed E-state index contributed by atoms with van der Waals surface area (Å²) in [7, 11) is 1.82. The molecule has 0 unspecified atom stereocenters. The minimum atomic E-state index is 0.220. The Morgan fingerprint density at radius 3 is 2.05 bits per heavy atom. The summed E-state index contributed by atoms with van der Waals surface area (Å²) in [5.74, 6) is 0. The second kappa shape index (κ2) is 5.50. The maximum absolute atomic E-state index is 6.25. The molecule has 1 aromatic carbocycles. The lowest BCUT2D eigenvalue weighted by molar-refractivity contribution is 0.169. The van der Waals surface area contributed by atoms with Crippen molar-refractivity contribution in [3.05, 3.63) is 35.4 Å². The van der Waals surface area contributed by atoms with Gasteiger partial charge in [0.15, 0.2) is 0 Å². The number of rotatable bonds is 5. The van der Waals surface area contributed by atoms with Gasteiger partial charge in [-0.3, -0.25) is 0 Å². The van der Waals surface area contributed by atoms with Gasteiger partial charge in [-0.05, 0) is 36.8 Å². The van der Waals surface area contributed by atoms with Gasteiger partial charge < -0.3 is 10.5 Å². The molecular formula is C18H27NO. The first kappa shape index (κ1) is 14.1. The Kier molecular flexibility index (Phi) is 3.87. The van der Waals surface area contributed by atoms with Crippen molar-refractivity contribution in [2.45, 2.75) is 55.8 Å². The smallest absolute Gasteiger partial charge is 0.0559 e. The lowest BCUT2D eigenvalue weighted by Gasteiger charge is -2.39. The van der Waals surface area contributed by atoms with E-state index in [0.717, 1.165) is 13.2 Å². The molecule has 2 heteroatoms. The summed E-state index contributed by atoms with van der Waals surface area (Å²) in [5.41, 5.74) is 9.80. The third-order valence-corrected chi connectivity index (χ3v) is 5.55. The van der Waals surface area contributed by atoms with E-state index in [1.807, 2.05) is 7.11 Å². The molecule has 2 aliphatic carbocycles. The molecule has 2 nitrogen and oxygen atoms in total. The van der Waals surface area contributed by atoms with Gasteiger partial charge in [0, 0.05) is 24.5 Å². The molecular weight excluding hydrogens is 246 g/mol. The highest BCUT2D eigenvalue weighted by atomic mass is 16.5. The summed E-state index contributed by atoms with van der Waals surface area (Å²) < 4.78 is 5.50. The molecule has 3 rings (SSSR count). The lowest BCUT2D eigenvalue weighted by atomic mass is 9.66. The number of ether oxygens (including phenoxy) is 1. The molecule has 0 heterocycles. The van der Waals surface area contributed by atoms with Crippen LogP contribution >= 0.6 is 0 Å². The Morgan fingerprint density at radius 1 is 0.950 bits per heavy atom. The lowest BCUT2D eigenvalue weighted by Crippen LogP contribution is -2.39. The zero-order valence-electron chi connectivity index (χ0n) is 12.7. The largest absolute Gasteiger partial charge is 0.384 e. The van der Waals surface area contributed by atoms with Gasteiger partial charge in [-0.2, -0.15) is 0 Å². The van der Waals surface area contributed by atoms with E-state index in [-0.39, 0.29) is 10.8 Å². The fraction of sp³-hybridized carbons (Fsp3) is 0.667. The SMILES string of the molecule is COCC1(c2ccccc2C2(CN)CCCCC2)CC1. The van der Waals surface area contributed by atoms with Crippen LogP contribution < -0.4 is 5.73 Å². The van der Waals surface area contributed by atoms with Gasteiger partial charge in [-0.15, -0.1) is 0 Å². The second-order valence-electron chi connectivity index (χ2n) is 6.80. The van der Waals surface area contributed by atoms with Gasteiger partial charge >= 0.3 is 0 Å². The zero-order chi connectivity index (χ0) is 14.1. The quantitative estimate of drug-likeness (QED) is 0.891. The van der Waals surface area contributed by atoms with Crippen LogP contribution in [-0.2, 0) is 15.6 Å². The molecule has 0 spiro atoms. The third kappa shape index (κ3) is 2.29. The van der Waals surface area contributed by atoms with Gasteiger partial charge in [-0.25, -0.2) is 0 Å². The van der Waals surface area contributed by atoms with Crippen molar-refractivity contribution < 1.29 is 4.74 Å². The molecule has 0 amide bonds. The van der Waals surface area contributed by atoms with Crippen LogP contribution in [-0.4, -0.2) is 20.3 Å². The standard InChI is InChI=1S/C18H27NO/c1-20-14-18(11-12-18)16-8-4-3-7-15(16)17(13-19)9-5-2-6-10-17/h3-4,7-8H,2,5-6,9-14,19H2,1H3. The molecule has 2 fully saturated rings. The highest BCUT2D eigenvalue weighted by Crippen LogP contribution is 2.52. The first-order valence-corrected chi connectivity index (χ1v) is 8.05. The van der Waals surface area contributed by atoms with Crippen molar-refractivity contribution >= 4 is 0 Å². The number of nitrogens with two attached hydrogens (primary N) is 1. The molecule has 0 radical (unpaired) electrons. The summed E-state index contributed by atoms with van der Waals surface area (Å²) in [5, 5.41) is 0. The summed E-state index contributed by atoms with van der Waals surface area (Å²) in [6.07, 6.45) is 9.04. The van der Waals surface area contributed by atoms with Crippen LogP contribution in [0.1, 0.15) is 56.1 Å². The normalized spacial score (nSPS) is 23.5. The zero-order valence-corrected chi connectivity index (χ0v) is 12.7. The summed E-state index contributed by atoms with van der Waals surface area (Å²) >= 11 is 0. The summed E-state index contributed by atoms with van der Waals surface area (Å²) in [6.45, 7) is 1.64. The minimum Gasteiger partial charge on any atom is -0.384 e.